The van der Waals surface area contributed by atoms with Crippen LogP contribution in [0.25, 0.3) is 0 Å². The molecule has 160 valence electrons. The smallest absolute Gasteiger partial charge is 0.215 e. The van der Waals surface area contributed by atoms with E-state index in [4.69, 9.17) is 23.2 Å². The van der Waals surface area contributed by atoms with E-state index in [1.54, 1.807) is 19.2 Å². The number of aliphatic imine (C=N–C) groups is 1. The topological polar surface area (TPSA) is 73.8 Å². The second-order valence-corrected chi connectivity index (χ2v) is 9.03. The van der Waals surface area contributed by atoms with Crippen molar-refractivity contribution in [2.24, 2.45) is 4.99 Å². The summed E-state index contributed by atoms with van der Waals surface area (Å²) in [6.45, 7) is 1.13. The molecule has 0 saturated heterocycles. The van der Waals surface area contributed by atoms with Crippen molar-refractivity contribution in [1.82, 2.24) is 14.9 Å². The Kier molecular flexibility index (Phi) is 10.7. The Balaban J connectivity index is 0.00000420. The van der Waals surface area contributed by atoms with Crippen LogP contribution in [0, 0.1) is 0 Å². The Morgan fingerprint density at radius 1 is 1.07 bits per heavy atom. The van der Waals surface area contributed by atoms with E-state index in [1.165, 1.54) is 7.05 Å². The highest BCUT2D eigenvalue weighted by molar-refractivity contribution is 14.0. The summed E-state index contributed by atoms with van der Waals surface area (Å²) in [6, 6.07) is 13.0. The number of nitrogens with zero attached hydrogens (tertiary/aromatic N) is 2. The second-order valence-electron chi connectivity index (χ2n) is 6.29. The van der Waals surface area contributed by atoms with Gasteiger partial charge in [0.1, 0.15) is 0 Å². The molecule has 2 N–H and O–H groups in total. The third-order valence-corrected chi connectivity index (χ3v) is 6.16. The predicted molar refractivity (Wildman–Crippen MR) is 132 cm³/mol. The number of halogens is 3. The molecule has 0 amide bonds. The van der Waals surface area contributed by atoms with E-state index in [1.807, 2.05) is 42.3 Å². The van der Waals surface area contributed by atoms with Gasteiger partial charge < -0.3 is 10.2 Å². The zero-order chi connectivity index (χ0) is 20.7. The standard InChI is InChI=1S/C19H24Cl2N4O2S.HI/c1-22-19(25(3)12-15-7-8-17(20)18(21)10-15)24-11-14-5-4-6-16(9-14)13-28(26,27)23-2;/h4-10,23H,11-13H2,1-3H3,(H,22,24);1H. The summed E-state index contributed by atoms with van der Waals surface area (Å²) in [5.74, 6) is 0.655. The molecule has 2 rings (SSSR count). The molecule has 0 aliphatic carbocycles. The Hall–Kier alpha value is -1.07. The van der Waals surface area contributed by atoms with Gasteiger partial charge in [-0.15, -0.1) is 24.0 Å². The van der Waals surface area contributed by atoms with Gasteiger partial charge in [-0.2, -0.15) is 0 Å². The van der Waals surface area contributed by atoms with Crippen LogP contribution in [0.5, 0.6) is 0 Å². The Bertz CT molecular complexity index is 955. The van der Waals surface area contributed by atoms with Gasteiger partial charge in [-0.1, -0.05) is 53.5 Å². The number of hydrogen-bond donors (Lipinski definition) is 2. The molecule has 0 spiro atoms. The Labute approximate surface area is 199 Å². The summed E-state index contributed by atoms with van der Waals surface area (Å²) in [5.41, 5.74) is 2.71. The highest BCUT2D eigenvalue weighted by Crippen LogP contribution is 2.23. The van der Waals surface area contributed by atoms with Crippen molar-refractivity contribution >= 4 is 63.2 Å². The van der Waals surface area contributed by atoms with Crippen LogP contribution in [-0.4, -0.2) is 40.4 Å². The van der Waals surface area contributed by atoms with Crippen LogP contribution < -0.4 is 10.0 Å². The predicted octanol–water partition coefficient (Wildman–Crippen LogP) is 3.87. The van der Waals surface area contributed by atoms with E-state index in [9.17, 15) is 8.42 Å². The molecule has 0 saturated carbocycles. The average Bonchev–Trinajstić information content (AvgIpc) is 2.65. The largest absolute Gasteiger partial charge is 0.352 e. The lowest BCUT2D eigenvalue weighted by molar-refractivity contribution is 0.476. The summed E-state index contributed by atoms with van der Waals surface area (Å²) in [7, 11) is 1.74. The van der Waals surface area contributed by atoms with Crippen molar-refractivity contribution in [3.05, 3.63) is 69.2 Å². The van der Waals surface area contributed by atoms with Crippen LogP contribution in [0.15, 0.2) is 47.5 Å². The average molecular weight is 571 g/mol. The maximum atomic E-state index is 11.7. The fourth-order valence-corrected chi connectivity index (χ4v) is 3.76. The SMILES string of the molecule is CN=C(NCc1cccc(CS(=O)(=O)NC)c1)N(C)Cc1ccc(Cl)c(Cl)c1.I. The number of rotatable bonds is 7. The number of nitrogens with one attached hydrogen (secondary N) is 2. The zero-order valence-electron chi connectivity index (χ0n) is 16.4. The van der Waals surface area contributed by atoms with Crippen molar-refractivity contribution in [1.29, 1.82) is 0 Å². The lowest BCUT2D eigenvalue weighted by Gasteiger charge is -2.22. The van der Waals surface area contributed by atoms with Crippen molar-refractivity contribution < 1.29 is 8.42 Å². The van der Waals surface area contributed by atoms with E-state index in [0.717, 1.165) is 16.7 Å². The van der Waals surface area contributed by atoms with Gasteiger partial charge in [0, 0.05) is 27.2 Å². The molecule has 0 aromatic heterocycles. The minimum absolute atomic E-state index is 0. The zero-order valence-corrected chi connectivity index (χ0v) is 21.1. The van der Waals surface area contributed by atoms with E-state index >= 15 is 0 Å². The molecule has 2 aromatic carbocycles. The number of hydrogen-bond acceptors (Lipinski definition) is 3. The van der Waals surface area contributed by atoms with Gasteiger partial charge in [0.05, 0.1) is 15.8 Å². The van der Waals surface area contributed by atoms with E-state index in [0.29, 0.717) is 29.1 Å². The lowest BCUT2D eigenvalue weighted by atomic mass is 10.1. The highest BCUT2D eigenvalue weighted by atomic mass is 127. The molecule has 10 heteroatoms. The first-order valence-electron chi connectivity index (χ1n) is 8.59. The molecule has 0 fully saturated rings. The lowest BCUT2D eigenvalue weighted by Crippen LogP contribution is -2.38. The van der Waals surface area contributed by atoms with Crippen molar-refractivity contribution in [3.63, 3.8) is 0 Å². The fraction of sp³-hybridized carbons (Fsp3) is 0.316. The Morgan fingerprint density at radius 3 is 2.38 bits per heavy atom. The first kappa shape index (κ1) is 26.0. The molecule has 0 bridgehead atoms. The van der Waals surface area contributed by atoms with Gasteiger partial charge >= 0.3 is 0 Å². The van der Waals surface area contributed by atoms with E-state index < -0.39 is 10.0 Å². The van der Waals surface area contributed by atoms with Crippen molar-refractivity contribution in [3.8, 4) is 0 Å². The first-order valence-corrected chi connectivity index (χ1v) is 11.0. The van der Waals surface area contributed by atoms with E-state index in [2.05, 4.69) is 15.0 Å². The van der Waals surface area contributed by atoms with Gasteiger partial charge in [0.25, 0.3) is 0 Å². The molecule has 6 nitrogen and oxygen atoms in total. The molecule has 0 radical (unpaired) electrons. The van der Waals surface area contributed by atoms with E-state index in [-0.39, 0.29) is 29.7 Å². The van der Waals surface area contributed by atoms with Gasteiger partial charge in [0.2, 0.25) is 10.0 Å². The molecule has 0 unspecified atom stereocenters. The minimum atomic E-state index is -3.30. The van der Waals surface area contributed by atoms with Crippen LogP contribution in [-0.2, 0) is 28.9 Å². The molecule has 2 aromatic rings. The number of sulfonamides is 1. The van der Waals surface area contributed by atoms with Crippen LogP contribution in [0.1, 0.15) is 16.7 Å². The molecule has 0 heterocycles. The summed E-state index contributed by atoms with van der Waals surface area (Å²) in [4.78, 5) is 6.27. The highest BCUT2D eigenvalue weighted by Gasteiger charge is 2.10. The number of guanidine groups is 1. The van der Waals surface area contributed by atoms with Crippen molar-refractivity contribution in [2.75, 3.05) is 21.1 Å². The van der Waals surface area contributed by atoms with Crippen LogP contribution in [0.2, 0.25) is 10.0 Å². The van der Waals surface area contributed by atoms with Crippen LogP contribution in [0.3, 0.4) is 0 Å². The monoisotopic (exact) mass is 570 g/mol. The number of benzene rings is 2. The van der Waals surface area contributed by atoms with Gasteiger partial charge in [-0.3, -0.25) is 4.99 Å². The first-order chi connectivity index (χ1) is 13.2. The second kappa shape index (κ2) is 11.9. The molecular weight excluding hydrogens is 546 g/mol. The molecule has 0 atom stereocenters. The maximum Gasteiger partial charge on any atom is 0.215 e. The third-order valence-electron chi connectivity index (χ3n) is 4.09. The maximum absolute atomic E-state index is 11.7. The summed E-state index contributed by atoms with van der Waals surface area (Å²) >= 11 is 12.0. The fourth-order valence-electron chi connectivity index (χ4n) is 2.67. The molecule has 0 aliphatic heterocycles. The van der Waals surface area contributed by atoms with Gasteiger partial charge in [-0.05, 0) is 35.9 Å². The third kappa shape index (κ3) is 8.29. The van der Waals surface area contributed by atoms with Crippen LogP contribution >= 0.6 is 47.2 Å². The summed E-state index contributed by atoms with van der Waals surface area (Å²) < 4.78 is 25.8. The molecule has 29 heavy (non-hydrogen) atoms. The minimum Gasteiger partial charge on any atom is -0.352 e. The normalized spacial score (nSPS) is 11.7. The van der Waals surface area contributed by atoms with Crippen molar-refractivity contribution in [2.45, 2.75) is 18.8 Å². The van der Waals surface area contributed by atoms with Gasteiger partial charge in [-0.25, -0.2) is 13.1 Å². The summed E-state index contributed by atoms with van der Waals surface area (Å²) in [5, 5.41) is 4.33. The summed E-state index contributed by atoms with van der Waals surface area (Å²) in [6.07, 6.45) is 0. The Morgan fingerprint density at radius 2 is 1.76 bits per heavy atom. The molecule has 0 aliphatic rings. The quantitative estimate of drug-likeness (QED) is 0.301. The van der Waals surface area contributed by atoms with Gasteiger partial charge in [0.15, 0.2) is 5.96 Å². The molecular formula is C19H25Cl2IN4O2S. The van der Waals surface area contributed by atoms with Crippen LogP contribution in [0.4, 0.5) is 0 Å².